The maximum absolute atomic E-state index is 16.1. The smallest absolute Gasteiger partial charge is 0.421 e. The van der Waals surface area contributed by atoms with Crippen LogP contribution in [0, 0.1) is 11.7 Å². The number of benzene rings is 2. The third-order valence-electron chi connectivity index (χ3n) is 8.83. The normalized spacial score (nSPS) is 11.4. The standard InChI is InChI=1S/C40H45FN6O6S/c1-5-9-37-44-34(6-2)38(35(48)17-22-46(31-16-21-43-25-31)39(49)28-14-19-42-20-15-28)47(37)26-30-13-12-29(24-33(30)41)32-10-7-8-11-36(32)54(51,52)45-40(50)53-23-18-27(3)4/h7-8,10-16,19-21,24-25,27,43H,5-6,9,17-18,22-23,26H2,1-4H3,(H,45,50). The van der Waals surface area contributed by atoms with Gasteiger partial charge >= 0.3 is 6.09 Å². The molecule has 0 spiro atoms. The Morgan fingerprint density at radius 1 is 1.04 bits per heavy atom. The molecular weight excluding hydrogens is 712 g/mol. The number of nitrogens with zero attached hydrogens (tertiary/aromatic N) is 4. The van der Waals surface area contributed by atoms with Gasteiger partial charge in [-0.2, -0.15) is 0 Å². The Morgan fingerprint density at radius 3 is 2.46 bits per heavy atom. The quantitative estimate of drug-likeness (QED) is 0.0933. The van der Waals surface area contributed by atoms with Crippen LogP contribution in [0.15, 0.2) is 90.3 Å². The summed E-state index contributed by atoms with van der Waals surface area (Å²) >= 11 is 0. The molecule has 2 N–H and O–H groups in total. The fourth-order valence-electron chi connectivity index (χ4n) is 6.04. The van der Waals surface area contributed by atoms with Gasteiger partial charge in [-0.15, -0.1) is 0 Å². The van der Waals surface area contributed by atoms with Crippen LogP contribution < -0.4 is 9.62 Å². The van der Waals surface area contributed by atoms with Gasteiger partial charge in [0.2, 0.25) is 0 Å². The number of H-pyrrole nitrogens is 1. The highest BCUT2D eigenvalue weighted by molar-refractivity contribution is 7.90. The van der Waals surface area contributed by atoms with Crippen molar-refractivity contribution < 1.29 is 31.9 Å². The van der Waals surface area contributed by atoms with Crippen LogP contribution in [0.1, 0.15) is 84.9 Å². The predicted octanol–water partition coefficient (Wildman–Crippen LogP) is 7.36. The Morgan fingerprint density at radius 2 is 1.80 bits per heavy atom. The van der Waals surface area contributed by atoms with E-state index in [0.717, 1.165) is 6.42 Å². The lowest BCUT2D eigenvalue weighted by atomic mass is 10.0. The largest absolute Gasteiger partial charge is 0.449 e. The zero-order valence-electron chi connectivity index (χ0n) is 30.8. The molecule has 0 bridgehead atoms. The average Bonchev–Trinajstić information content (AvgIpc) is 3.81. The maximum Gasteiger partial charge on any atom is 0.421 e. The molecule has 3 heterocycles. The Kier molecular flexibility index (Phi) is 13.1. The average molecular weight is 757 g/mol. The number of aryl methyl sites for hydroxylation is 2. The van der Waals surface area contributed by atoms with Gasteiger partial charge in [0.1, 0.15) is 17.3 Å². The number of nitrogens with one attached hydrogen (secondary N) is 2. The highest BCUT2D eigenvalue weighted by atomic mass is 32.2. The Balaban J connectivity index is 1.41. The number of pyridine rings is 1. The van der Waals surface area contributed by atoms with Crippen LogP contribution in [0.3, 0.4) is 0 Å². The van der Waals surface area contributed by atoms with Crippen molar-refractivity contribution in [2.45, 2.75) is 71.2 Å². The molecular formula is C40H45FN6O6S. The van der Waals surface area contributed by atoms with E-state index in [1.165, 1.54) is 41.6 Å². The summed E-state index contributed by atoms with van der Waals surface area (Å²) in [6, 6.07) is 15.4. The number of rotatable bonds is 17. The molecule has 0 aliphatic carbocycles. The van der Waals surface area contributed by atoms with E-state index in [4.69, 9.17) is 9.72 Å². The first kappa shape index (κ1) is 39.6. The van der Waals surface area contributed by atoms with Crippen LogP contribution in [-0.4, -0.2) is 58.9 Å². The summed E-state index contributed by atoms with van der Waals surface area (Å²) in [5.41, 5.74) is 2.71. The van der Waals surface area contributed by atoms with Gasteiger partial charge in [-0.3, -0.25) is 14.6 Å². The molecule has 3 aromatic heterocycles. The van der Waals surface area contributed by atoms with Gasteiger partial charge in [0.25, 0.3) is 15.9 Å². The minimum absolute atomic E-state index is 0.00326. The summed E-state index contributed by atoms with van der Waals surface area (Å²) in [6.45, 7) is 7.95. The molecule has 0 aliphatic rings. The number of sulfonamides is 1. The summed E-state index contributed by atoms with van der Waals surface area (Å²) in [5.74, 6) is -0.234. The van der Waals surface area contributed by atoms with Crippen molar-refractivity contribution in [1.82, 2.24) is 24.2 Å². The van der Waals surface area contributed by atoms with Crippen LogP contribution in [0.4, 0.5) is 14.9 Å². The third kappa shape index (κ3) is 9.47. The van der Waals surface area contributed by atoms with Crippen molar-refractivity contribution in [3.05, 3.63) is 120 Å². The van der Waals surface area contributed by atoms with E-state index in [1.807, 2.05) is 32.4 Å². The number of aromatic nitrogens is 4. The number of amides is 2. The Labute approximate surface area is 314 Å². The molecule has 0 unspecified atom stereocenters. The first-order chi connectivity index (χ1) is 25.9. The van der Waals surface area contributed by atoms with E-state index in [2.05, 4.69) is 9.97 Å². The maximum atomic E-state index is 16.1. The molecule has 0 atom stereocenters. The first-order valence-corrected chi connectivity index (χ1v) is 19.4. The summed E-state index contributed by atoms with van der Waals surface area (Å²) in [5, 5.41) is 0. The number of carbonyl (C=O) groups excluding carboxylic acids is 3. The van der Waals surface area contributed by atoms with Crippen molar-refractivity contribution in [2.75, 3.05) is 18.1 Å². The van der Waals surface area contributed by atoms with E-state index in [0.29, 0.717) is 47.7 Å². The molecule has 54 heavy (non-hydrogen) atoms. The fourth-order valence-corrected chi connectivity index (χ4v) is 7.17. The molecule has 0 saturated heterocycles. The molecule has 14 heteroatoms. The number of hydrogen-bond donors (Lipinski definition) is 2. The van der Waals surface area contributed by atoms with Crippen molar-refractivity contribution in [2.24, 2.45) is 5.92 Å². The van der Waals surface area contributed by atoms with Crippen LogP contribution in [0.25, 0.3) is 11.1 Å². The second-order valence-corrected chi connectivity index (χ2v) is 14.8. The van der Waals surface area contributed by atoms with Gasteiger partial charge in [-0.25, -0.2) is 27.3 Å². The monoisotopic (exact) mass is 756 g/mol. The van der Waals surface area contributed by atoms with Gasteiger partial charge in [0, 0.05) is 60.9 Å². The number of carbonyl (C=O) groups is 3. The molecule has 5 rings (SSSR count). The molecule has 12 nitrogen and oxygen atoms in total. The van der Waals surface area contributed by atoms with Crippen LogP contribution >= 0.6 is 0 Å². The van der Waals surface area contributed by atoms with Gasteiger partial charge < -0.3 is 19.2 Å². The minimum Gasteiger partial charge on any atom is -0.449 e. The molecule has 0 radical (unpaired) electrons. The number of Topliss-reactive ketones (excluding diaryl/α,β-unsaturated/α-hetero) is 1. The van der Waals surface area contributed by atoms with Crippen LogP contribution in [0.2, 0.25) is 0 Å². The number of halogens is 1. The molecule has 2 aromatic carbocycles. The van der Waals surface area contributed by atoms with Crippen molar-refractivity contribution in [3.63, 3.8) is 0 Å². The lowest BCUT2D eigenvalue weighted by Crippen LogP contribution is -2.33. The summed E-state index contributed by atoms with van der Waals surface area (Å²) in [4.78, 5) is 53.0. The van der Waals surface area contributed by atoms with Gasteiger partial charge in [-0.1, -0.05) is 58.0 Å². The number of ether oxygens (including phenoxy) is 1. The predicted molar refractivity (Wildman–Crippen MR) is 203 cm³/mol. The topological polar surface area (TPSA) is 156 Å². The number of imidazole rings is 1. The molecule has 5 aromatic rings. The number of aromatic amines is 1. The fraction of sp³-hybridized carbons (Fsp3) is 0.325. The first-order valence-electron chi connectivity index (χ1n) is 18.0. The second kappa shape index (κ2) is 17.9. The van der Waals surface area contributed by atoms with Crippen molar-refractivity contribution in [1.29, 1.82) is 0 Å². The van der Waals surface area contributed by atoms with Crippen molar-refractivity contribution >= 4 is 33.5 Å². The zero-order valence-corrected chi connectivity index (χ0v) is 31.7. The summed E-state index contributed by atoms with van der Waals surface area (Å²) < 4.78 is 51.3. The zero-order chi connectivity index (χ0) is 38.8. The molecule has 0 fully saturated rings. The van der Waals surface area contributed by atoms with Gasteiger partial charge in [0.15, 0.2) is 5.78 Å². The Bertz CT molecular complexity index is 2190. The highest BCUT2D eigenvalue weighted by Crippen LogP contribution is 2.30. The molecule has 2 amide bonds. The van der Waals surface area contributed by atoms with Gasteiger partial charge in [0.05, 0.1) is 29.4 Å². The lowest BCUT2D eigenvalue weighted by Gasteiger charge is -2.21. The number of hydrogen-bond acceptors (Lipinski definition) is 8. The SMILES string of the molecule is CCCc1nc(CC)c(C(=O)CCN(C(=O)c2ccncc2)c2cc[nH]c2)n1Cc1ccc(-c2ccccc2S(=O)(=O)NC(=O)OCCC(C)C)cc1F. The molecule has 284 valence electrons. The second-order valence-electron chi connectivity index (χ2n) is 13.2. The summed E-state index contributed by atoms with van der Waals surface area (Å²) in [7, 11) is -4.36. The lowest BCUT2D eigenvalue weighted by molar-refractivity contribution is 0.0961. The molecule has 0 aliphatic heterocycles. The van der Waals surface area contributed by atoms with Gasteiger partial charge in [-0.05, 0) is 61.1 Å². The van der Waals surface area contributed by atoms with E-state index >= 15 is 4.39 Å². The minimum atomic E-state index is -4.36. The van der Waals surface area contributed by atoms with Crippen molar-refractivity contribution in [3.8, 4) is 11.1 Å². The van der Waals surface area contributed by atoms with E-state index in [-0.39, 0.29) is 65.3 Å². The third-order valence-corrected chi connectivity index (χ3v) is 10.2. The highest BCUT2D eigenvalue weighted by Gasteiger charge is 2.27. The van der Waals surface area contributed by atoms with E-state index < -0.39 is 21.9 Å². The number of ketones is 1. The van der Waals surface area contributed by atoms with Crippen LogP contribution in [0.5, 0.6) is 0 Å². The Hall–Kier alpha value is -5.63. The number of anilines is 1. The van der Waals surface area contributed by atoms with Crippen LogP contribution in [-0.2, 0) is 34.1 Å². The van der Waals surface area contributed by atoms with E-state index in [9.17, 15) is 22.8 Å². The molecule has 0 saturated carbocycles. The van der Waals surface area contributed by atoms with E-state index in [1.54, 1.807) is 53.4 Å². The summed E-state index contributed by atoms with van der Waals surface area (Å²) in [6.07, 6.45) is 7.67.